The Balaban J connectivity index is 1.64. The second kappa shape index (κ2) is 6.72. The summed E-state index contributed by atoms with van der Waals surface area (Å²) >= 11 is 0. The minimum absolute atomic E-state index is 0.0795. The number of fused-ring (bicyclic) bond motifs is 1. The zero-order valence-corrected chi connectivity index (χ0v) is 14.2. The predicted octanol–water partition coefficient (Wildman–Crippen LogP) is 2.08. The summed E-state index contributed by atoms with van der Waals surface area (Å²) in [6.45, 7) is 4.31. The molecular weight excluding hydrogens is 316 g/mol. The number of benzene rings is 1. The van der Waals surface area contributed by atoms with E-state index in [9.17, 15) is 4.79 Å². The van der Waals surface area contributed by atoms with Crippen molar-refractivity contribution in [1.29, 1.82) is 0 Å². The van der Waals surface area contributed by atoms with Crippen LogP contribution in [-0.4, -0.2) is 34.9 Å². The minimum Gasteiger partial charge on any atom is -0.461 e. The fraction of sp³-hybridized carbons (Fsp3) is 0.368. The van der Waals surface area contributed by atoms with Crippen LogP contribution in [0.4, 0.5) is 5.95 Å². The van der Waals surface area contributed by atoms with E-state index in [0.717, 1.165) is 37.2 Å². The zero-order chi connectivity index (χ0) is 17.2. The van der Waals surface area contributed by atoms with Crippen LogP contribution in [0.3, 0.4) is 0 Å². The van der Waals surface area contributed by atoms with E-state index in [2.05, 4.69) is 15.5 Å². The molecule has 3 aromatic rings. The second-order valence-electron chi connectivity index (χ2n) is 6.53. The summed E-state index contributed by atoms with van der Waals surface area (Å²) < 4.78 is 9.22. The maximum Gasteiger partial charge on any atom is 0.356 e. The molecule has 0 unspecified atom stereocenters. The van der Waals surface area contributed by atoms with Crippen molar-refractivity contribution < 1.29 is 13.8 Å². The van der Waals surface area contributed by atoms with Crippen molar-refractivity contribution in [1.82, 2.24) is 9.47 Å². The van der Waals surface area contributed by atoms with E-state index < -0.39 is 0 Å². The standard InChI is InChI=1S/C19H22N4O2/c20-19-22(12-11-21-9-3-4-10-21)15-6-1-2-7-16(15)23(19)14-17(24)18-8-5-13-25-18/h1-2,5-8,13,20H,3-4,9-12,14H2/p+1. The Labute approximate surface area is 146 Å². The van der Waals surface area contributed by atoms with Crippen LogP contribution in [-0.2, 0) is 13.1 Å². The Morgan fingerprint density at radius 1 is 1.12 bits per heavy atom. The number of Topliss-reactive ketones (excluding diaryl/α,β-unsaturated/α-hetero) is 1. The van der Waals surface area contributed by atoms with Crippen LogP contribution >= 0.6 is 0 Å². The first-order valence-corrected chi connectivity index (χ1v) is 8.79. The number of rotatable bonds is 6. The average molecular weight is 339 g/mol. The van der Waals surface area contributed by atoms with Gasteiger partial charge in [0.2, 0.25) is 5.78 Å². The van der Waals surface area contributed by atoms with Crippen LogP contribution in [0.1, 0.15) is 23.4 Å². The Bertz CT molecular complexity index is 876. The molecule has 25 heavy (non-hydrogen) atoms. The lowest BCUT2D eigenvalue weighted by Crippen LogP contribution is -2.40. The number of carbonyl (C=O) groups excluding carboxylic acids is 1. The van der Waals surface area contributed by atoms with Gasteiger partial charge in [0.1, 0.15) is 17.6 Å². The number of imidazole rings is 1. The quantitative estimate of drug-likeness (QED) is 0.551. The van der Waals surface area contributed by atoms with Gasteiger partial charge in [-0.1, -0.05) is 12.1 Å². The lowest BCUT2D eigenvalue weighted by Gasteiger charge is -2.13. The molecule has 0 bridgehead atoms. The van der Waals surface area contributed by atoms with Gasteiger partial charge < -0.3 is 9.32 Å². The van der Waals surface area contributed by atoms with Gasteiger partial charge >= 0.3 is 5.95 Å². The summed E-state index contributed by atoms with van der Waals surface area (Å²) in [6, 6.07) is 11.5. The normalized spacial score (nSPS) is 15.2. The molecule has 1 aliphatic rings. The van der Waals surface area contributed by atoms with Gasteiger partial charge in [-0.25, -0.2) is 9.13 Å². The summed E-state index contributed by atoms with van der Waals surface area (Å²) in [5.41, 5.74) is 8.46. The lowest BCUT2D eigenvalue weighted by atomic mass is 10.3. The zero-order valence-electron chi connectivity index (χ0n) is 14.2. The molecule has 2 N–H and O–H groups in total. The van der Waals surface area contributed by atoms with E-state index in [1.54, 1.807) is 12.1 Å². The maximum absolute atomic E-state index is 12.5. The first-order valence-electron chi connectivity index (χ1n) is 8.79. The first-order chi connectivity index (χ1) is 12.2. The van der Waals surface area contributed by atoms with Crippen LogP contribution in [0, 0.1) is 0 Å². The van der Waals surface area contributed by atoms with Crippen molar-refractivity contribution in [2.45, 2.75) is 25.9 Å². The number of ketones is 1. The highest BCUT2D eigenvalue weighted by atomic mass is 16.3. The molecule has 0 spiro atoms. The van der Waals surface area contributed by atoms with Crippen molar-refractivity contribution in [3.8, 4) is 0 Å². The van der Waals surface area contributed by atoms with E-state index in [1.807, 2.05) is 22.8 Å². The molecule has 2 aromatic heterocycles. The fourth-order valence-corrected chi connectivity index (χ4v) is 3.62. The third kappa shape index (κ3) is 3.05. The Morgan fingerprint density at radius 3 is 2.68 bits per heavy atom. The molecule has 1 fully saturated rings. The molecular formula is C19H23N4O2+. The molecule has 0 atom stereocenters. The third-order valence-electron chi connectivity index (χ3n) is 4.95. The van der Waals surface area contributed by atoms with Crippen LogP contribution in [0.2, 0.25) is 0 Å². The van der Waals surface area contributed by atoms with Gasteiger partial charge in [-0.05, 0) is 50.2 Å². The summed E-state index contributed by atoms with van der Waals surface area (Å²) in [5.74, 6) is 0.894. The molecule has 0 saturated carbocycles. The fourth-order valence-electron chi connectivity index (χ4n) is 3.62. The number of hydrogen-bond donors (Lipinski definition) is 1. The number of nitrogens with zero attached hydrogens (tertiary/aromatic N) is 3. The SMILES string of the molecule is Nc1n(CCN2CCCC2)c2ccccc2[n+]1CC(=O)c1ccco1. The van der Waals surface area contributed by atoms with Gasteiger partial charge in [0.25, 0.3) is 0 Å². The van der Waals surface area contributed by atoms with Crippen molar-refractivity contribution in [2.24, 2.45) is 0 Å². The number of anilines is 1. The highest BCUT2D eigenvalue weighted by Gasteiger charge is 2.24. The van der Waals surface area contributed by atoms with E-state index >= 15 is 0 Å². The lowest BCUT2D eigenvalue weighted by molar-refractivity contribution is -0.642. The Kier molecular flexibility index (Phi) is 4.28. The van der Waals surface area contributed by atoms with E-state index in [4.69, 9.17) is 10.2 Å². The second-order valence-corrected chi connectivity index (χ2v) is 6.53. The molecule has 4 rings (SSSR count). The smallest absolute Gasteiger partial charge is 0.356 e. The molecule has 6 heteroatoms. The molecule has 0 aliphatic carbocycles. The van der Waals surface area contributed by atoms with E-state index in [-0.39, 0.29) is 12.3 Å². The topological polar surface area (TPSA) is 68.3 Å². The van der Waals surface area contributed by atoms with Gasteiger partial charge in [0, 0.05) is 6.54 Å². The molecule has 0 radical (unpaired) electrons. The van der Waals surface area contributed by atoms with Crippen molar-refractivity contribution >= 4 is 22.8 Å². The molecule has 0 amide bonds. The summed E-state index contributed by atoms with van der Waals surface area (Å²) in [4.78, 5) is 14.9. The average Bonchev–Trinajstić information content (AvgIpc) is 3.36. The first kappa shape index (κ1) is 15.9. The van der Waals surface area contributed by atoms with E-state index in [0.29, 0.717) is 11.7 Å². The van der Waals surface area contributed by atoms with Gasteiger partial charge in [-0.2, -0.15) is 0 Å². The largest absolute Gasteiger partial charge is 0.461 e. The monoisotopic (exact) mass is 339 g/mol. The number of nitrogens with two attached hydrogens (primary N) is 1. The Morgan fingerprint density at radius 2 is 1.92 bits per heavy atom. The number of nitrogen functional groups attached to an aromatic ring is 1. The number of likely N-dealkylation sites (tertiary alicyclic amines) is 1. The van der Waals surface area contributed by atoms with E-state index in [1.165, 1.54) is 19.1 Å². The van der Waals surface area contributed by atoms with Gasteiger partial charge in [0.15, 0.2) is 5.76 Å². The number of para-hydroxylation sites is 2. The molecule has 1 aromatic carbocycles. The highest BCUT2D eigenvalue weighted by molar-refractivity contribution is 5.92. The molecule has 1 aliphatic heterocycles. The van der Waals surface area contributed by atoms with Crippen molar-refractivity contribution in [3.05, 3.63) is 48.4 Å². The van der Waals surface area contributed by atoms with Gasteiger partial charge in [0.05, 0.1) is 12.8 Å². The summed E-state index contributed by atoms with van der Waals surface area (Å²) in [6.07, 6.45) is 4.07. The number of furan rings is 1. The molecule has 130 valence electrons. The third-order valence-corrected chi connectivity index (χ3v) is 4.95. The Hall–Kier alpha value is -2.60. The van der Waals surface area contributed by atoms with Gasteiger partial charge in [-0.3, -0.25) is 10.5 Å². The van der Waals surface area contributed by atoms with Crippen LogP contribution in [0.15, 0.2) is 47.1 Å². The maximum atomic E-state index is 12.5. The number of carbonyl (C=O) groups is 1. The summed E-state index contributed by atoms with van der Waals surface area (Å²) in [7, 11) is 0. The van der Waals surface area contributed by atoms with Crippen molar-refractivity contribution in [2.75, 3.05) is 25.4 Å². The minimum atomic E-state index is -0.0795. The van der Waals surface area contributed by atoms with Crippen LogP contribution in [0.5, 0.6) is 0 Å². The van der Waals surface area contributed by atoms with Gasteiger partial charge in [-0.15, -0.1) is 0 Å². The van der Waals surface area contributed by atoms with Crippen LogP contribution < -0.4 is 10.3 Å². The predicted molar refractivity (Wildman–Crippen MR) is 95.3 cm³/mol. The summed E-state index contributed by atoms with van der Waals surface area (Å²) in [5, 5.41) is 0. The molecule has 6 nitrogen and oxygen atoms in total. The number of aromatic nitrogens is 2. The highest BCUT2D eigenvalue weighted by Crippen LogP contribution is 2.17. The van der Waals surface area contributed by atoms with Crippen LogP contribution in [0.25, 0.3) is 11.0 Å². The molecule has 3 heterocycles. The van der Waals surface area contributed by atoms with Crippen molar-refractivity contribution in [3.63, 3.8) is 0 Å². The number of hydrogen-bond acceptors (Lipinski definition) is 4. The molecule has 1 saturated heterocycles.